The summed E-state index contributed by atoms with van der Waals surface area (Å²) >= 11 is 0. The van der Waals surface area contributed by atoms with Crippen LogP contribution in [0, 0.1) is 0 Å². The minimum absolute atomic E-state index is 0.00229. The summed E-state index contributed by atoms with van der Waals surface area (Å²) in [5, 5.41) is 15.1. The van der Waals surface area contributed by atoms with Crippen molar-refractivity contribution in [2.75, 3.05) is 45.2 Å². The number of methoxy groups -OCH3 is 1. The predicted octanol–water partition coefficient (Wildman–Crippen LogP) is 5.19. The third-order valence-electron chi connectivity index (χ3n) is 9.73. The number of anilines is 1. The summed E-state index contributed by atoms with van der Waals surface area (Å²) in [5.41, 5.74) is 4.27. The molecule has 6 rings (SSSR count). The van der Waals surface area contributed by atoms with Gasteiger partial charge in [-0.2, -0.15) is 0 Å². The van der Waals surface area contributed by atoms with Gasteiger partial charge in [0.05, 0.1) is 25.9 Å². The van der Waals surface area contributed by atoms with E-state index in [1.54, 1.807) is 0 Å². The van der Waals surface area contributed by atoms with E-state index in [1.807, 2.05) is 78.9 Å². The molecule has 3 aromatic carbocycles. The van der Waals surface area contributed by atoms with Crippen LogP contribution in [-0.4, -0.2) is 84.9 Å². The number of ether oxygens (including phenoxy) is 3. The molecule has 3 aliphatic rings. The van der Waals surface area contributed by atoms with Crippen molar-refractivity contribution in [2.24, 2.45) is 0 Å². The molecule has 3 saturated heterocycles. The lowest BCUT2D eigenvalue weighted by Gasteiger charge is -2.39. The van der Waals surface area contributed by atoms with Crippen molar-refractivity contribution >= 4 is 17.7 Å². The summed E-state index contributed by atoms with van der Waals surface area (Å²) in [7, 11) is 1.31. The lowest BCUT2D eigenvalue weighted by Crippen LogP contribution is -2.45. The largest absolute Gasteiger partial charge is 0.467 e. The number of amides is 2. The number of esters is 1. The zero-order valence-electron chi connectivity index (χ0n) is 27.8. The first-order chi connectivity index (χ1) is 23.5. The average Bonchev–Trinajstić information content (AvgIpc) is 3.80. The summed E-state index contributed by atoms with van der Waals surface area (Å²) in [6.07, 6.45) is 5.34. The summed E-state index contributed by atoms with van der Waals surface area (Å²) < 4.78 is 18.1. The predicted molar refractivity (Wildman–Crippen MR) is 183 cm³/mol. The smallest absolute Gasteiger partial charge is 0.328 e. The van der Waals surface area contributed by atoms with Gasteiger partial charge in [-0.3, -0.25) is 4.90 Å². The van der Waals surface area contributed by atoms with Crippen LogP contribution in [0.5, 0.6) is 0 Å². The molecule has 3 aliphatic heterocycles. The molecule has 0 saturated carbocycles. The zero-order chi connectivity index (χ0) is 33.3. The summed E-state index contributed by atoms with van der Waals surface area (Å²) in [6.45, 7) is 5.49. The number of urea groups is 1. The van der Waals surface area contributed by atoms with Gasteiger partial charge in [0, 0.05) is 43.2 Å². The van der Waals surface area contributed by atoms with Crippen LogP contribution in [0.25, 0.3) is 0 Å². The number of hydrogen-bond donors (Lipinski definition) is 3. The Kier molecular flexibility index (Phi) is 11.7. The fourth-order valence-corrected chi connectivity index (χ4v) is 7.13. The second-order valence-electron chi connectivity index (χ2n) is 13.1. The molecule has 3 N–H and O–H groups in total. The van der Waals surface area contributed by atoms with E-state index in [9.17, 15) is 14.7 Å². The highest BCUT2D eigenvalue weighted by molar-refractivity contribution is 5.92. The minimum Gasteiger partial charge on any atom is -0.467 e. The average molecular weight is 657 g/mol. The first-order valence-corrected chi connectivity index (χ1v) is 17.2. The molecule has 0 radical (unpaired) electrons. The maximum atomic E-state index is 12.9. The van der Waals surface area contributed by atoms with E-state index in [2.05, 4.69) is 20.4 Å². The maximum Gasteiger partial charge on any atom is 0.328 e. The number of aliphatic hydroxyl groups is 1. The molecule has 10 nitrogen and oxygen atoms in total. The lowest BCUT2D eigenvalue weighted by molar-refractivity contribution is -0.253. The molecule has 0 aliphatic carbocycles. The molecular formula is C38H48N4O6. The molecule has 48 heavy (non-hydrogen) atoms. The molecule has 0 aromatic heterocycles. The highest BCUT2D eigenvalue weighted by atomic mass is 16.7. The molecule has 5 atom stereocenters. The normalized spacial score (nSPS) is 23.9. The minimum atomic E-state index is -0.827. The molecule has 2 amide bonds. The Morgan fingerprint density at radius 2 is 1.60 bits per heavy atom. The highest BCUT2D eigenvalue weighted by Crippen LogP contribution is 2.39. The maximum absolute atomic E-state index is 12.9. The summed E-state index contributed by atoms with van der Waals surface area (Å²) in [5.74, 6) is -0.512. The monoisotopic (exact) mass is 656 g/mol. The second kappa shape index (κ2) is 16.5. The molecular weight excluding hydrogens is 608 g/mol. The number of likely N-dealkylation sites (tertiary alicyclic amines) is 2. The van der Waals surface area contributed by atoms with Gasteiger partial charge in [-0.25, -0.2) is 9.59 Å². The van der Waals surface area contributed by atoms with Gasteiger partial charge in [-0.15, -0.1) is 0 Å². The summed E-state index contributed by atoms with van der Waals surface area (Å²) in [4.78, 5) is 30.5. The molecule has 3 fully saturated rings. The number of carbonyl (C=O) groups is 2. The number of carbonyl (C=O) groups excluding carboxylic acids is 2. The standard InChI is InChI=1S/C38H48N4O6/c1-46-36(44)34(22-27-8-3-2-4-9-27)40-38(45)39-31-17-15-30(16-18-31)37-47-33(23-35(48-37)29-13-11-28(26-43)12-14-29)25-42-21-7-10-32(42)24-41-19-5-6-20-41/h2-4,8-9,11-18,32-35,37,43H,5-7,10,19-26H2,1H3,(H2,39,40,45)/t32-,33-,34-,35+,37+/m0/s1. The first kappa shape index (κ1) is 34.1. The fraction of sp³-hybridized carbons (Fsp3) is 0.474. The van der Waals surface area contributed by atoms with E-state index in [0.29, 0.717) is 18.2 Å². The Morgan fingerprint density at radius 1 is 0.875 bits per heavy atom. The molecule has 3 aromatic rings. The van der Waals surface area contributed by atoms with Crippen molar-refractivity contribution in [1.29, 1.82) is 0 Å². The quantitative estimate of drug-likeness (QED) is 0.229. The van der Waals surface area contributed by atoms with Gasteiger partial charge in [0.2, 0.25) is 0 Å². The van der Waals surface area contributed by atoms with Crippen molar-refractivity contribution in [3.63, 3.8) is 0 Å². The zero-order valence-corrected chi connectivity index (χ0v) is 27.8. The molecule has 0 bridgehead atoms. The van der Waals surface area contributed by atoms with Gasteiger partial charge in [0.15, 0.2) is 6.29 Å². The molecule has 256 valence electrons. The number of rotatable bonds is 12. The highest BCUT2D eigenvalue weighted by Gasteiger charge is 2.36. The van der Waals surface area contributed by atoms with Gasteiger partial charge in [0.1, 0.15) is 6.04 Å². The topological polar surface area (TPSA) is 113 Å². The number of hydrogen-bond acceptors (Lipinski definition) is 8. The van der Waals surface area contributed by atoms with Gasteiger partial charge in [-0.1, -0.05) is 66.7 Å². The third kappa shape index (κ3) is 9.00. The molecule has 0 spiro atoms. The van der Waals surface area contributed by atoms with Crippen LogP contribution in [0.15, 0.2) is 78.9 Å². The van der Waals surface area contributed by atoms with Crippen molar-refractivity contribution in [3.05, 3.63) is 101 Å². The molecule has 10 heteroatoms. The fourth-order valence-electron chi connectivity index (χ4n) is 7.13. The Morgan fingerprint density at radius 3 is 2.31 bits per heavy atom. The van der Waals surface area contributed by atoms with E-state index in [1.165, 1.54) is 45.9 Å². The van der Waals surface area contributed by atoms with Gasteiger partial charge in [0.25, 0.3) is 0 Å². The Labute approximate surface area is 283 Å². The number of nitrogens with zero attached hydrogens (tertiary/aromatic N) is 2. The SMILES string of the molecule is COC(=O)[C@H](Cc1ccccc1)NC(=O)Nc1ccc([C@@H]2O[C@H](CN3CCC[C@H]3CN3CCCC3)C[C@H](c3ccc(CO)cc3)O2)cc1. The van der Waals surface area contributed by atoms with Crippen LogP contribution in [-0.2, 0) is 32.0 Å². The van der Waals surface area contributed by atoms with Gasteiger partial charge < -0.3 is 34.9 Å². The molecule has 3 heterocycles. The molecule has 0 unspecified atom stereocenters. The van der Waals surface area contributed by atoms with Crippen LogP contribution in [0.1, 0.15) is 66.8 Å². The van der Waals surface area contributed by atoms with Crippen molar-refractivity contribution in [2.45, 2.75) is 75.7 Å². The second-order valence-corrected chi connectivity index (χ2v) is 13.1. The van der Waals surface area contributed by atoms with E-state index in [-0.39, 0.29) is 18.8 Å². The van der Waals surface area contributed by atoms with Gasteiger partial charge >= 0.3 is 12.0 Å². The number of nitrogens with one attached hydrogen (secondary N) is 2. The van der Waals surface area contributed by atoms with Crippen molar-refractivity contribution < 1.29 is 28.9 Å². The lowest BCUT2D eigenvalue weighted by atomic mass is 9.99. The van der Waals surface area contributed by atoms with Crippen molar-refractivity contribution in [3.8, 4) is 0 Å². The third-order valence-corrected chi connectivity index (χ3v) is 9.73. The van der Waals surface area contributed by atoms with Crippen LogP contribution >= 0.6 is 0 Å². The van der Waals surface area contributed by atoms with Crippen LogP contribution in [0.4, 0.5) is 10.5 Å². The number of benzene rings is 3. The van der Waals surface area contributed by atoms with Crippen LogP contribution in [0.3, 0.4) is 0 Å². The van der Waals surface area contributed by atoms with E-state index in [4.69, 9.17) is 14.2 Å². The van der Waals surface area contributed by atoms with Crippen LogP contribution in [0.2, 0.25) is 0 Å². The van der Waals surface area contributed by atoms with E-state index < -0.39 is 24.3 Å². The van der Waals surface area contributed by atoms with E-state index in [0.717, 1.165) is 48.3 Å². The van der Waals surface area contributed by atoms with Crippen LogP contribution < -0.4 is 10.6 Å². The first-order valence-electron chi connectivity index (χ1n) is 17.2. The Bertz CT molecular complexity index is 1460. The number of aliphatic hydroxyl groups excluding tert-OH is 1. The van der Waals surface area contributed by atoms with Gasteiger partial charge in [-0.05, 0) is 74.1 Å². The Hall–Kier alpha value is -3.80. The van der Waals surface area contributed by atoms with Crippen molar-refractivity contribution in [1.82, 2.24) is 15.1 Å². The van der Waals surface area contributed by atoms with E-state index >= 15 is 0 Å². The Balaban J connectivity index is 1.12. The summed E-state index contributed by atoms with van der Waals surface area (Å²) in [6, 6.07) is 24.1.